The summed E-state index contributed by atoms with van der Waals surface area (Å²) in [6.45, 7) is 4.48. The quantitative estimate of drug-likeness (QED) is 0.829. The van der Waals surface area contributed by atoms with Gasteiger partial charge in [0.15, 0.2) is 0 Å². The summed E-state index contributed by atoms with van der Waals surface area (Å²) in [4.78, 5) is 12.2. The fourth-order valence-electron chi connectivity index (χ4n) is 5.87. The maximum Gasteiger partial charge on any atom is 0.223 e. The molecule has 0 heterocycles. The summed E-state index contributed by atoms with van der Waals surface area (Å²) in [5.41, 5.74) is 0.461. The molecule has 4 bridgehead atoms. The van der Waals surface area contributed by atoms with Gasteiger partial charge in [-0.25, -0.2) is 0 Å². The molecule has 0 radical (unpaired) electrons. The van der Waals surface area contributed by atoms with Crippen LogP contribution in [0.5, 0.6) is 0 Å². The van der Waals surface area contributed by atoms with Gasteiger partial charge in [-0.2, -0.15) is 0 Å². The minimum absolute atomic E-state index is 0.330. The van der Waals surface area contributed by atoms with Gasteiger partial charge in [-0.1, -0.05) is 6.92 Å². The van der Waals surface area contributed by atoms with Gasteiger partial charge in [0.25, 0.3) is 0 Å². The molecular weight excluding hydrogens is 234 g/mol. The van der Waals surface area contributed by atoms with Gasteiger partial charge in [-0.05, 0) is 81.0 Å². The second kappa shape index (κ2) is 3.99. The number of hydrogen-bond donors (Lipinski definition) is 1. The maximum atomic E-state index is 12.2. The van der Waals surface area contributed by atoms with Crippen molar-refractivity contribution in [3.8, 4) is 0 Å². The molecular formula is C17H27NO. The van der Waals surface area contributed by atoms with Crippen molar-refractivity contribution in [2.75, 3.05) is 0 Å². The fourth-order valence-corrected chi connectivity index (χ4v) is 5.87. The number of rotatable bonds is 3. The van der Waals surface area contributed by atoms with E-state index in [1.165, 1.54) is 38.5 Å². The van der Waals surface area contributed by atoms with Crippen LogP contribution >= 0.6 is 0 Å². The third kappa shape index (κ3) is 1.94. The van der Waals surface area contributed by atoms with Gasteiger partial charge in [-0.3, -0.25) is 4.79 Å². The van der Waals surface area contributed by atoms with E-state index >= 15 is 0 Å². The Kier molecular flexibility index (Phi) is 2.57. The highest BCUT2D eigenvalue weighted by molar-refractivity contribution is 5.81. The highest BCUT2D eigenvalue weighted by Crippen LogP contribution is 2.61. The van der Waals surface area contributed by atoms with Crippen LogP contribution in [0.4, 0.5) is 0 Å². The smallest absolute Gasteiger partial charge is 0.223 e. The summed E-state index contributed by atoms with van der Waals surface area (Å²) >= 11 is 0. The van der Waals surface area contributed by atoms with Crippen LogP contribution in [-0.2, 0) is 4.79 Å². The van der Waals surface area contributed by atoms with Crippen molar-refractivity contribution in [3.63, 3.8) is 0 Å². The van der Waals surface area contributed by atoms with Crippen molar-refractivity contribution in [1.29, 1.82) is 0 Å². The Hall–Kier alpha value is -0.530. The minimum Gasteiger partial charge on any atom is -0.353 e. The van der Waals surface area contributed by atoms with E-state index in [1.807, 2.05) is 0 Å². The molecule has 1 N–H and O–H groups in total. The number of amides is 1. The largest absolute Gasteiger partial charge is 0.353 e. The first-order valence-corrected chi connectivity index (χ1v) is 8.36. The molecule has 5 saturated carbocycles. The molecule has 0 aromatic rings. The molecule has 5 aliphatic rings. The molecule has 3 atom stereocenters. The zero-order valence-electron chi connectivity index (χ0n) is 12.3. The summed E-state index contributed by atoms with van der Waals surface area (Å²) < 4.78 is 0. The second-order valence-corrected chi connectivity index (χ2v) is 8.33. The topological polar surface area (TPSA) is 29.1 Å². The van der Waals surface area contributed by atoms with Gasteiger partial charge in [-0.15, -0.1) is 0 Å². The van der Waals surface area contributed by atoms with Gasteiger partial charge in [0.1, 0.15) is 0 Å². The van der Waals surface area contributed by atoms with Crippen molar-refractivity contribution in [2.45, 2.75) is 64.8 Å². The van der Waals surface area contributed by atoms with Gasteiger partial charge in [0.2, 0.25) is 5.91 Å². The summed E-state index contributed by atoms with van der Waals surface area (Å²) in [5, 5.41) is 3.39. The van der Waals surface area contributed by atoms with E-state index in [9.17, 15) is 4.79 Å². The Morgan fingerprint density at radius 2 is 1.53 bits per heavy atom. The molecule has 0 aromatic carbocycles. The number of carbonyl (C=O) groups is 1. The standard InChI is InChI=1S/C17H27NO/c1-10-3-15(10)16(19)18-11(2)17-7-12-4-13(8-17)6-14(5-12)9-17/h10-15H,3-9H2,1-2H3,(H,18,19)/t10-,11+,12?,13?,14?,15-,17?/m1/s1. The molecule has 2 heteroatoms. The molecule has 0 unspecified atom stereocenters. The predicted molar refractivity (Wildman–Crippen MR) is 75.5 cm³/mol. The summed E-state index contributed by atoms with van der Waals surface area (Å²) in [6, 6.07) is 0.404. The summed E-state index contributed by atoms with van der Waals surface area (Å²) in [6.07, 6.45) is 9.74. The average molecular weight is 261 g/mol. The monoisotopic (exact) mass is 261 g/mol. The van der Waals surface area contributed by atoms with Crippen molar-refractivity contribution >= 4 is 5.91 Å². The predicted octanol–water partition coefficient (Wildman–Crippen LogP) is 3.36. The Morgan fingerprint density at radius 1 is 1.05 bits per heavy atom. The average Bonchev–Trinajstić information content (AvgIpc) is 3.04. The first-order valence-electron chi connectivity index (χ1n) is 8.36. The molecule has 1 amide bonds. The molecule has 5 rings (SSSR count). The molecule has 5 fully saturated rings. The normalized spacial score (nSPS) is 52.0. The zero-order valence-corrected chi connectivity index (χ0v) is 12.3. The summed E-state index contributed by atoms with van der Waals surface area (Å²) in [7, 11) is 0. The number of hydrogen-bond acceptors (Lipinski definition) is 1. The lowest BCUT2D eigenvalue weighted by Crippen LogP contribution is -2.56. The van der Waals surface area contributed by atoms with Crippen LogP contribution in [-0.4, -0.2) is 11.9 Å². The molecule has 0 saturated heterocycles. The maximum absolute atomic E-state index is 12.2. The van der Waals surface area contributed by atoms with Crippen LogP contribution in [0.1, 0.15) is 58.8 Å². The zero-order chi connectivity index (χ0) is 13.2. The Labute approximate surface area is 116 Å². The van der Waals surface area contributed by atoms with E-state index in [4.69, 9.17) is 0 Å². The summed E-state index contributed by atoms with van der Waals surface area (Å²) in [5.74, 6) is 4.23. The molecule has 2 nitrogen and oxygen atoms in total. The molecule has 0 aromatic heterocycles. The Balaban J connectivity index is 1.47. The molecule has 5 aliphatic carbocycles. The number of carbonyl (C=O) groups excluding carboxylic acids is 1. The van der Waals surface area contributed by atoms with Gasteiger partial charge >= 0.3 is 0 Å². The highest BCUT2D eigenvalue weighted by atomic mass is 16.2. The van der Waals surface area contributed by atoms with Crippen LogP contribution in [0.15, 0.2) is 0 Å². The van der Waals surface area contributed by atoms with Crippen molar-refractivity contribution in [2.24, 2.45) is 35.0 Å². The fraction of sp³-hybridized carbons (Fsp3) is 0.941. The van der Waals surface area contributed by atoms with Crippen LogP contribution in [0, 0.1) is 35.0 Å². The Morgan fingerprint density at radius 3 is 1.95 bits per heavy atom. The molecule has 19 heavy (non-hydrogen) atoms. The van der Waals surface area contributed by atoms with Gasteiger partial charge in [0.05, 0.1) is 0 Å². The third-order valence-corrected chi connectivity index (χ3v) is 6.81. The Bertz CT molecular complexity index is 367. The molecule has 0 spiro atoms. The van der Waals surface area contributed by atoms with Crippen LogP contribution in [0.2, 0.25) is 0 Å². The number of nitrogens with one attached hydrogen (secondary N) is 1. The lowest BCUT2D eigenvalue weighted by Gasteiger charge is -2.59. The van der Waals surface area contributed by atoms with Crippen molar-refractivity contribution in [3.05, 3.63) is 0 Å². The first-order chi connectivity index (χ1) is 9.06. The van der Waals surface area contributed by atoms with Crippen LogP contribution in [0.3, 0.4) is 0 Å². The molecule has 0 aliphatic heterocycles. The SMILES string of the molecule is C[C@@H]1C[C@H]1C(=O)N[C@@H](C)C12CC3CC(CC(C3)C1)C2. The van der Waals surface area contributed by atoms with Crippen molar-refractivity contribution < 1.29 is 4.79 Å². The second-order valence-electron chi connectivity index (χ2n) is 8.33. The van der Waals surface area contributed by atoms with Crippen LogP contribution in [0.25, 0.3) is 0 Å². The van der Waals surface area contributed by atoms with E-state index < -0.39 is 0 Å². The lowest BCUT2D eigenvalue weighted by atomic mass is 9.48. The highest BCUT2D eigenvalue weighted by Gasteiger charge is 2.53. The van der Waals surface area contributed by atoms with E-state index in [-0.39, 0.29) is 0 Å². The van der Waals surface area contributed by atoms with Crippen molar-refractivity contribution in [1.82, 2.24) is 5.32 Å². The van der Waals surface area contributed by atoms with Crippen LogP contribution < -0.4 is 5.32 Å². The lowest BCUT2D eigenvalue weighted by molar-refractivity contribution is -0.127. The van der Waals surface area contributed by atoms with Gasteiger partial charge in [0, 0.05) is 12.0 Å². The third-order valence-electron chi connectivity index (χ3n) is 6.81. The van der Waals surface area contributed by atoms with E-state index in [0.717, 1.165) is 24.2 Å². The van der Waals surface area contributed by atoms with E-state index in [1.54, 1.807) is 0 Å². The first kappa shape index (κ1) is 12.2. The minimum atomic E-state index is 0.330. The van der Waals surface area contributed by atoms with E-state index in [0.29, 0.717) is 29.2 Å². The van der Waals surface area contributed by atoms with Gasteiger partial charge < -0.3 is 5.32 Å². The molecule has 106 valence electrons. The van der Waals surface area contributed by atoms with E-state index in [2.05, 4.69) is 19.2 Å².